The molecule has 0 aromatic rings. The number of hydrogen-bond acceptors (Lipinski definition) is 3. The molecular formula is C7H13FO3. The van der Waals surface area contributed by atoms with E-state index < -0.39 is 11.6 Å². The van der Waals surface area contributed by atoms with Gasteiger partial charge >= 0.3 is 5.97 Å². The van der Waals surface area contributed by atoms with Gasteiger partial charge in [-0.1, -0.05) is 13.3 Å². The van der Waals surface area contributed by atoms with Crippen LogP contribution in [0.25, 0.3) is 0 Å². The van der Waals surface area contributed by atoms with Gasteiger partial charge in [0.15, 0.2) is 0 Å². The van der Waals surface area contributed by atoms with E-state index >= 15 is 0 Å². The number of halogens is 1. The fourth-order valence-electron chi connectivity index (χ4n) is 0.965. The molecule has 4 heteroatoms. The summed E-state index contributed by atoms with van der Waals surface area (Å²) in [6, 6.07) is 0. The molecule has 0 saturated heterocycles. The van der Waals surface area contributed by atoms with Crippen molar-refractivity contribution in [3.8, 4) is 0 Å². The van der Waals surface area contributed by atoms with Gasteiger partial charge in [-0.05, 0) is 13.3 Å². The monoisotopic (exact) mass is 164 g/mol. The Balaban J connectivity index is 3.80. The van der Waals surface area contributed by atoms with Gasteiger partial charge in [0.1, 0.15) is 0 Å². The third-order valence-corrected chi connectivity index (χ3v) is 1.40. The lowest BCUT2D eigenvalue weighted by Gasteiger charge is -2.19. The molecule has 0 aliphatic heterocycles. The molecule has 3 nitrogen and oxygen atoms in total. The minimum Gasteiger partial charge on any atom is -0.390 e. The smallest absolute Gasteiger partial charge is 0.351 e. The minimum absolute atomic E-state index is 0.294. The lowest BCUT2D eigenvalue weighted by molar-refractivity contribution is -0.188. The van der Waals surface area contributed by atoms with E-state index in [1.807, 2.05) is 6.92 Å². The molecule has 0 bridgehead atoms. The highest BCUT2D eigenvalue weighted by Gasteiger charge is 2.24. The highest BCUT2D eigenvalue weighted by Crippen LogP contribution is 2.16. The zero-order valence-electron chi connectivity index (χ0n) is 6.76. The second-order valence-electron chi connectivity index (χ2n) is 2.87. The predicted molar refractivity (Wildman–Crippen MR) is 37.3 cm³/mol. The molecule has 0 fully saturated rings. The maximum Gasteiger partial charge on any atom is 0.351 e. The Morgan fingerprint density at radius 2 is 2.27 bits per heavy atom. The van der Waals surface area contributed by atoms with Crippen LogP contribution in [-0.2, 0) is 9.74 Å². The average Bonchev–Trinajstić information content (AvgIpc) is 1.86. The van der Waals surface area contributed by atoms with Gasteiger partial charge < -0.3 is 5.11 Å². The van der Waals surface area contributed by atoms with Crippen LogP contribution in [0, 0.1) is 0 Å². The fraction of sp³-hybridized carbons (Fsp3) is 0.857. The van der Waals surface area contributed by atoms with Crippen LogP contribution in [0.5, 0.6) is 0 Å². The third kappa shape index (κ3) is 4.72. The standard InChI is InChI=1S/C7H13FO3/c1-3-4-7(2,10)5-6(9)11-8/h10H,3-5H2,1-2H3. The normalized spacial score (nSPS) is 15.6. The highest BCUT2D eigenvalue weighted by molar-refractivity contribution is 5.69. The van der Waals surface area contributed by atoms with Gasteiger partial charge in [-0.25, -0.2) is 4.79 Å². The summed E-state index contributed by atoms with van der Waals surface area (Å²) in [4.78, 5) is 13.3. The number of hydrogen-bond donors (Lipinski definition) is 1. The van der Waals surface area contributed by atoms with Gasteiger partial charge in [0, 0.05) is 4.53 Å². The first-order valence-electron chi connectivity index (χ1n) is 3.55. The molecule has 0 aromatic heterocycles. The van der Waals surface area contributed by atoms with Gasteiger partial charge in [0.2, 0.25) is 0 Å². The molecule has 0 amide bonds. The van der Waals surface area contributed by atoms with Crippen LogP contribution in [-0.4, -0.2) is 16.7 Å². The first kappa shape index (κ1) is 10.4. The molecule has 0 spiro atoms. The predicted octanol–water partition coefficient (Wildman–Crippen LogP) is 1.36. The molecule has 1 unspecified atom stereocenters. The molecule has 0 radical (unpaired) electrons. The second-order valence-corrected chi connectivity index (χ2v) is 2.87. The largest absolute Gasteiger partial charge is 0.390 e. The Morgan fingerprint density at radius 1 is 1.73 bits per heavy atom. The van der Waals surface area contributed by atoms with Crippen LogP contribution in [0.1, 0.15) is 33.1 Å². The number of aliphatic hydroxyl groups is 1. The first-order valence-corrected chi connectivity index (χ1v) is 3.55. The summed E-state index contributed by atoms with van der Waals surface area (Å²) in [6.07, 6.45) is 0.909. The topological polar surface area (TPSA) is 46.5 Å². The molecule has 1 atom stereocenters. The van der Waals surface area contributed by atoms with Gasteiger partial charge in [-0.3, -0.25) is 4.94 Å². The highest BCUT2D eigenvalue weighted by atomic mass is 19.3. The van der Waals surface area contributed by atoms with Gasteiger partial charge in [-0.2, -0.15) is 0 Å². The Kier molecular flexibility index (Phi) is 4.03. The SMILES string of the molecule is CCCC(C)(O)CC(=O)OF. The van der Waals surface area contributed by atoms with Gasteiger partial charge in [-0.15, -0.1) is 0 Å². The van der Waals surface area contributed by atoms with Crippen molar-refractivity contribution in [2.75, 3.05) is 0 Å². The Hall–Kier alpha value is -0.640. The van der Waals surface area contributed by atoms with Crippen LogP contribution in [0.4, 0.5) is 4.53 Å². The van der Waals surface area contributed by atoms with Gasteiger partial charge in [0.05, 0.1) is 12.0 Å². The van der Waals surface area contributed by atoms with Crippen LogP contribution >= 0.6 is 0 Å². The van der Waals surface area contributed by atoms with E-state index in [4.69, 9.17) is 0 Å². The van der Waals surface area contributed by atoms with Crippen molar-refractivity contribution in [1.82, 2.24) is 0 Å². The molecule has 0 aliphatic rings. The van der Waals surface area contributed by atoms with E-state index in [2.05, 4.69) is 4.94 Å². The lowest BCUT2D eigenvalue weighted by atomic mass is 9.97. The first-order chi connectivity index (χ1) is 5.02. The van der Waals surface area contributed by atoms with E-state index in [1.165, 1.54) is 6.92 Å². The van der Waals surface area contributed by atoms with Crippen LogP contribution in [0.2, 0.25) is 0 Å². The maximum atomic E-state index is 11.2. The maximum absolute atomic E-state index is 11.2. The summed E-state index contributed by atoms with van der Waals surface area (Å²) in [5.41, 5.74) is -1.14. The van der Waals surface area contributed by atoms with Crippen molar-refractivity contribution in [1.29, 1.82) is 0 Å². The van der Waals surface area contributed by atoms with Gasteiger partial charge in [0.25, 0.3) is 0 Å². The van der Waals surface area contributed by atoms with Crippen LogP contribution in [0.3, 0.4) is 0 Å². The summed E-state index contributed by atoms with van der Waals surface area (Å²) < 4.78 is 11.2. The third-order valence-electron chi connectivity index (χ3n) is 1.40. The minimum atomic E-state index is -1.14. The van der Waals surface area contributed by atoms with Crippen LogP contribution in [0.15, 0.2) is 0 Å². The van der Waals surface area contributed by atoms with Crippen molar-refractivity contribution in [3.63, 3.8) is 0 Å². The van der Waals surface area contributed by atoms with E-state index in [0.29, 0.717) is 6.42 Å². The Morgan fingerprint density at radius 3 is 2.64 bits per heavy atom. The lowest BCUT2D eigenvalue weighted by Crippen LogP contribution is -2.27. The molecule has 11 heavy (non-hydrogen) atoms. The summed E-state index contributed by atoms with van der Waals surface area (Å²) in [5, 5.41) is 9.35. The zero-order valence-corrected chi connectivity index (χ0v) is 6.76. The van der Waals surface area contributed by atoms with Crippen molar-refractivity contribution in [2.24, 2.45) is 0 Å². The summed E-state index contributed by atoms with van der Waals surface area (Å²) in [6.45, 7) is 3.35. The number of rotatable bonds is 4. The summed E-state index contributed by atoms with van der Waals surface area (Å²) in [5.74, 6) is -1.02. The van der Waals surface area contributed by atoms with E-state index in [1.54, 1.807) is 0 Å². The van der Waals surface area contributed by atoms with Crippen molar-refractivity contribution >= 4 is 5.97 Å². The van der Waals surface area contributed by atoms with E-state index in [0.717, 1.165) is 6.42 Å². The van der Waals surface area contributed by atoms with E-state index in [9.17, 15) is 14.4 Å². The van der Waals surface area contributed by atoms with Crippen molar-refractivity contribution in [3.05, 3.63) is 0 Å². The Bertz CT molecular complexity index is 134. The number of carbonyl (C=O) groups excluding carboxylic acids is 1. The molecule has 0 rings (SSSR count). The molecule has 66 valence electrons. The molecular weight excluding hydrogens is 151 g/mol. The molecule has 1 N–H and O–H groups in total. The number of carbonyl (C=O) groups is 1. The quantitative estimate of drug-likeness (QED) is 0.682. The summed E-state index contributed by atoms with van der Waals surface area (Å²) >= 11 is 0. The van der Waals surface area contributed by atoms with Crippen molar-refractivity contribution in [2.45, 2.75) is 38.7 Å². The zero-order chi connectivity index (χ0) is 8.91. The summed E-state index contributed by atoms with van der Waals surface area (Å²) in [7, 11) is 0. The van der Waals surface area contributed by atoms with Crippen LogP contribution < -0.4 is 0 Å². The second kappa shape index (κ2) is 4.28. The molecule has 0 aliphatic carbocycles. The molecule has 0 saturated carbocycles. The Labute approximate surface area is 65.1 Å². The fourth-order valence-corrected chi connectivity index (χ4v) is 0.965. The molecule has 0 heterocycles. The van der Waals surface area contributed by atoms with Crippen molar-refractivity contribution < 1.29 is 19.4 Å². The van der Waals surface area contributed by atoms with E-state index in [-0.39, 0.29) is 6.42 Å². The molecule has 0 aromatic carbocycles. The average molecular weight is 164 g/mol.